The molecule has 0 spiro atoms. The molecule has 1 aromatic carbocycles. The standard InChI is InChI=1S/C17H25N5S/c1-12(2)22(13(3)4)10-15-7-5-14(6-8-15)9-19-21-17-20-16(18)11-23-17/h5-9,11-13H,10,18H2,1-4H3,(H,20,21). The van der Waals surface area contributed by atoms with Crippen molar-refractivity contribution >= 4 is 28.5 Å². The molecule has 3 N–H and O–H groups in total. The third kappa shape index (κ3) is 5.33. The van der Waals surface area contributed by atoms with Crippen LogP contribution in [0.1, 0.15) is 38.8 Å². The highest BCUT2D eigenvalue weighted by Crippen LogP contribution is 2.16. The van der Waals surface area contributed by atoms with E-state index in [9.17, 15) is 0 Å². The van der Waals surface area contributed by atoms with E-state index in [-0.39, 0.29) is 0 Å². The van der Waals surface area contributed by atoms with Crippen LogP contribution >= 0.6 is 11.3 Å². The number of hydrazone groups is 1. The number of thiazole rings is 1. The summed E-state index contributed by atoms with van der Waals surface area (Å²) < 4.78 is 0. The molecule has 0 bridgehead atoms. The van der Waals surface area contributed by atoms with Gasteiger partial charge in [-0.25, -0.2) is 4.98 Å². The van der Waals surface area contributed by atoms with E-state index in [1.54, 1.807) is 11.6 Å². The van der Waals surface area contributed by atoms with Crippen LogP contribution in [-0.2, 0) is 6.54 Å². The van der Waals surface area contributed by atoms with Gasteiger partial charge < -0.3 is 5.73 Å². The summed E-state index contributed by atoms with van der Waals surface area (Å²) in [6.45, 7) is 9.90. The molecule has 2 aromatic rings. The van der Waals surface area contributed by atoms with E-state index in [1.165, 1.54) is 16.9 Å². The quantitative estimate of drug-likeness (QED) is 0.598. The predicted molar refractivity (Wildman–Crippen MR) is 100 cm³/mol. The monoisotopic (exact) mass is 331 g/mol. The van der Waals surface area contributed by atoms with E-state index in [2.05, 4.69) is 72.4 Å². The van der Waals surface area contributed by atoms with Crippen LogP contribution in [-0.4, -0.2) is 28.2 Å². The Labute approximate surface area is 142 Å². The Morgan fingerprint density at radius 2 is 1.87 bits per heavy atom. The summed E-state index contributed by atoms with van der Waals surface area (Å²) in [5, 5.41) is 6.65. The van der Waals surface area contributed by atoms with Crippen LogP contribution in [0.5, 0.6) is 0 Å². The van der Waals surface area contributed by atoms with Crippen LogP contribution in [0.15, 0.2) is 34.7 Å². The van der Waals surface area contributed by atoms with Gasteiger partial charge in [0.05, 0.1) is 6.21 Å². The Hall–Kier alpha value is -1.92. The zero-order chi connectivity index (χ0) is 16.8. The van der Waals surface area contributed by atoms with Gasteiger partial charge in [0, 0.05) is 24.0 Å². The number of benzene rings is 1. The van der Waals surface area contributed by atoms with Crippen LogP contribution in [0.4, 0.5) is 10.9 Å². The molecular weight excluding hydrogens is 306 g/mol. The average Bonchev–Trinajstić information content (AvgIpc) is 2.91. The fourth-order valence-electron chi connectivity index (χ4n) is 2.38. The first kappa shape index (κ1) is 17.4. The van der Waals surface area contributed by atoms with E-state index < -0.39 is 0 Å². The molecule has 0 radical (unpaired) electrons. The first-order valence-electron chi connectivity index (χ1n) is 7.80. The number of nitrogen functional groups attached to an aromatic ring is 1. The van der Waals surface area contributed by atoms with Gasteiger partial charge in [0.25, 0.3) is 0 Å². The van der Waals surface area contributed by atoms with Crippen LogP contribution in [0.25, 0.3) is 0 Å². The summed E-state index contributed by atoms with van der Waals surface area (Å²) >= 11 is 1.43. The molecular formula is C17H25N5S. The van der Waals surface area contributed by atoms with Crippen molar-refractivity contribution in [3.8, 4) is 0 Å². The van der Waals surface area contributed by atoms with Crippen LogP contribution in [0, 0.1) is 0 Å². The van der Waals surface area contributed by atoms with Crippen molar-refractivity contribution in [2.24, 2.45) is 5.10 Å². The Bertz CT molecular complexity index is 623. The largest absolute Gasteiger partial charge is 0.383 e. The molecule has 0 atom stereocenters. The second kappa shape index (κ2) is 8.08. The first-order valence-corrected chi connectivity index (χ1v) is 8.68. The van der Waals surface area contributed by atoms with Crippen LogP contribution < -0.4 is 11.2 Å². The minimum Gasteiger partial charge on any atom is -0.383 e. The summed E-state index contributed by atoms with van der Waals surface area (Å²) in [5.41, 5.74) is 10.8. The lowest BCUT2D eigenvalue weighted by Gasteiger charge is -2.30. The number of nitrogens with two attached hydrogens (primary N) is 1. The molecule has 0 saturated carbocycles. The number of rotatable bonds is 7. The van der Waals surface area contributed by atoms with Crippen molar-refractivity contribution in [2.75, 3.05) is 11.2 Å². The third-order valence-electron chi connectivity index (χ3n) is 3.57. The maximum Gasteiger partial charge on any atom is 0.205 e. The fourth-order valence-corrected chi connectivity index (χ4v) is 2.93. The van der Waals surface area contributed by atoms with E-state index >= 15 is 0 Å². The van der Waals surface area contributed by atoms with Crippen molar-refractivity contribution in [1.82, 2.24) is 9.88 Å². The molecule has 1 heterocycles. The SMILES string of the molecule is CC(C)N(Cc1ccc(C=NNc2nc(N)cs2)cc1)C(C)C. The summed E-state index contributed by atoms with van der Waals surface area (Å²) in [4.78, 5) is 6.56. The minimum atomic E-state index is 0.511. The number of anilines is 2. The molecule has 0 fully saturated rings. The minimum absolute atomic E-state index is 0.511. The van der Waals surface area contributed by atoms with Gasteiger partial charge in [0.2, 0.25) is 5.13 Å². The third-order valence-corrected chi connectivity index (χ3v) is 4.33. The van der Waals surface area contributed by atoms with Crippen molar-refractivity contribution in [3.63, 3.8) is 0 Å². The second-order valence-electron chi connectivity index (χ2n) is 6.05. The van der Waals surface area contributed by atoms with E-state index in [4.69, 9.17) is 5.73 Å². The topological polar surface area (TPSA) is 66.5 Å². The van der Waals surface area contributed by atoms with Crippen molar-refractivity contribution < 1.29 is 0 Å². The summed E-state index contributed by atoms with van der Waals surface area (Å²) in [6.07, 6.45) is 1.78. The highest BCUT2D eigenvalue weighted by molar-refractivity contribution is 7.14. The van der Waals surface area contributed by atoms with Gasteiger partial charge in [-0.1, -0.05) is 24.3 Å². The molecule has 124 valence electrons. The van der Waals surface area contributed by atoms with Crippen molar-refractivity contribution in [3.05, 3.63) is 40.8 Å². The Balaban J connectivity index is 1.93. The number of aromatic nitrogens is 1. The van der Waals surface area contributed by atoms with Gasteiger partial charge in [-0.2, -0.15) is 5.10 Å². The molecule has 1 aromatic heterocycles. The highest BCUT2D eigenvalue weighted by atomic mass is 32.1. The molecule has 0 amide bonds. The second-order valence-corrected chi connectivity index (χ2v) is 6.91. The Kier molecular flexibility index (Phi) is 6.12. The summed E-state index contributed by atoms with van der Waals surface area (Å²) in [5.74, 6) is 0.511. The molecule has 0 aliphatic heterocycles. The highest BCUT2D eigenvalue weighted by Gasteiger charge is 2.13. The van der Waals surface area contributed by atoms with Gasteiger partial charge in [0.15, 0.2) is 0 Å². The fraction of sp³-hybridized carbons (Fsp3) is 0.412. The number of nitrogens with zero attached hydrogens (tertiary/aromatic N) is 3. The number of hydrogen-bond donors (Lipinski definition) is 2. The maximum atomic E-state index is 5.56. The normalized spacial score (nSPS) is 12.0. The summed E-state index contributed by atoms with van der Waals surface area (Å²) in [6, 6.07) is 9.53. The molecule has 6 heteroatoms. The van der Waals surface area contributed by atoms with Crippen LogP contribution in [0.2, 0.25) is 0 Å². The zero-order valence-electron chi connectivity index (χ0n) is 14.2. The maximum absolute atomic E-state index is 5.56. The molecule has 0 unspecified atom stereocenters. The Morgan fingerprint density at radius 3 is 2.39 bits per heavy atom. The van der Waals surface area contributed by atoms with Crippen LogP contribution in [0.3, 0.4) is 0 Å². The Morgan fingerprint density at radius 1 is 1.22 bits per heavy atom. The van der Waals surface area contributed by atoms with Gasteiger partial charge >= 0.3 is 0 Å². The van der Waals surface area contributed by atoms with Crippen molar-refractivity contribution in [1.29, 1.82) is 0 Å². The molecule has 0 saturated heterocycles. The van der Waals surface area contributed by atoms with Gasteiger partial charge in [-0.3, -0.25) is 10.3 Å². The zero-order valence-corrected chi connectivity index (χ0v) is 15.0. The lowest BCUT2D eigenvalue weighted by atomic mass is 10.1. The average molecular weight is 331 g/mol. The molecule has 0 aliphatic carbocycles. The summed E-state index contributed by atoms with van der Waals surface area (Å²) in [7, 11) is 0. The predicted octanol–water partition coefficient (Wildman–Crippen LogP) is 3.79. The van der Waals surface area contributed by atoms with Crippen molar-refractivity contribution in [2.45, 2.75) is 46.3 Å². The number of nitrogens with one attached hydrogen (secondary N) is 1. The molecule has 2 rings (SSSR count). The van der Waals surface area contributed by atoms with E-state index in [0.717, 1.165) is 12.1 Å². The lowest BCUT2D eigenvalue weighted by Crippen LogP contribution is -2.36. The van der Waals surface area contributed by atoms with Gasteiger partial charge in [-0.15, -0.1) is 11.3 Å². The lowest BCUT2D eigenvalue weighted by molar-refractivity contribution is 0.166. The van der Waals surface area contributed by atoms with E-state index in [1.807, 2.05) is 0 Å². The first-order chi connectivity index (χ1) is 11.0. The van der Waals surface area contributed by atoms with Gasteiger partial charge in [0.1, 0.15) is 5.82 Å². The van der Waals surface area contributed by atoms with Gasteiger partial charge in [-0.05, 0) is 38.8 Å². The van der Waals surface area contributed by atoms with E-state index in [0.29, 0.717) is 23.0 Å². The molecule has 5 nitrogen and oxygen atoms in total. The molecule has 23 heavy (non-hydrogen) atoms. The number of hydrogen-bond acceptors (Lipinski definition) is 6. The smallest absolute Gasteiger partial charge is 0.205 e. The molecule has 0 aliphatic rings.